The fraction of sp³-hybridized carbons (Fsp3) is 0. The Bertz CT molecular complexity index is 387. The van der Waals surface area contributed by atoms with E-state index in [0.29, 0.717) is 0 Å². The van der Waals surface area contributed by atoms with Gasteiger partial charge in [0.1, 0.15) is 6.20 Å². The van der Waals surface area contributed by atoms with Crippen molar-refractivity contribution in [1.82, 2.24) is 9.97 Å². The number of nitrogens with zero attached hydrogens (tertiary/aromatic N) is 2. The van der Waals surface area contributed by atoms with E-state index < -0.39 is 0 Å². The van der Waals surface area contributed by atoms with Crippen LogP contribution < -0.4 is 0 Å². The first kappa shape index (κ1) is 6.97. The van der Waals surface area contributed by atoms with Crippen LogP contribution in [0.1, 0.15) is 0 Å². The van der Waals surface area contributed by atoms with E-state index in [1.165, 1.54) is 0 Å². The Morgan fingerprint density at radius 1 is 1.27 bits per heavy atom. The lowest BCUT2D eigenvalue weighted by atomic mass is 10.2. The highest BCUT2D eigenvalue weighted by Crippen LogP contribution is 2.09. The molecule has 0 saturated heterocycles. The van der Waals surface area contributed by atoms with E-state index in [9.17, 15) is 0 Å². The number of rotatable bonds is 0. The molecule has 0 aliphatic heterocycles. The summed E-state index contributed by atoms with van der Waals surface area (Å²) in [6, 6.07) is 7.81. The molecule has 1 aromatic heterocycles. The SMILES string of the molecule is Ic1n[c]c2ccccc2n1. The van der Waals surface area contributed by atoms with Crippen LogP contribution in [-0.4, -0.2) is 9.97 Å². The molecule has 0 unspecified atom stereocenters. The third-order valence-corrected chi connectivity index (χ3v) is 1.87. The second-order valence-electron chi connectivity index (χ2n) is 2.12. The van der Waals surface area contributed by atoms with Gasteiger partial charge in [0.15, 0.2) is 3.83 Å². The van der Waals surface area contributed by atoms with Crippen LogP contribution in [0.2, 0.25) is 0 Å². The highest BCUT2D eigenvalue weighted by atomic mass is 127. The van der Waals surface area contributed by atoms with Crippen molar-refractivity contribution in [2.75, 3.05) is 0 Å². The van der Waals surface area contributed by atoms with Crippen LogP contribution >= 0.6 is 22.6 Å². The minimum atomic E-state index is 0.737. The molecule has 2 rings (SSSR count). The van der Waals surface area contributed by atoms with Gasteiger partial charge in [-0.05, 0) is 6.07 Å². The number of para-hydroxylation sites is 1. The molecule has 2 nitrogen and oxygen atoms in total. The smallest absolute Gasteiger partial charge is 0.191 e. The molecular formula is C8H4IN2. The van der Waals surface area contributed by atoms with E-state index in [4.69, 9.17) is 0 Å². The molecule has 0 bridgehead atoms. The first-order valence-corrected chi connectivity index (χ1v) is 4.24. The molecule has 53 valence electrons. The normalized spacial score (nSPS) is 10.3. The van der Waals surface area contributed by atoms with Gasteiger partial charge in [0, 0.05) is 28.0 Å². The Hall–Kier alpha value is -0.710. The van der Waals surface area contributed by atoms with Gasteiger partial charge in [0.05, 0.1) is 5.52 Å². The Morgan fingerprint density at radius 3 is 3.00 bits per heavy atom. The minimum Gasteiger partial charge on any atom is -0.223 e. The summed E-state index contributed by atoms with van der Waals surface area (Å²) >= 11 is 2.07. The maximum atomic E-state index is 4.22. The Morgan fingerprint density at radius 2 is 2.09 bits per heavy atom. The van der Waals surface area contributed by atoms with Crippen molar-refractivity contribution >= 4 is 33.5 Å². The maximum Gasteiger partial charge on any atom is 0.191 e. The largest absolute Gasteiger partial charge is 0.223 e. The number of fused-ring (bicyclic) bond motifs is 1. The predicted octanol–water partition coefficient (Wildman–Crippen LogP) is 2.03. The second kappa shape index (κ2) is 2.73. The average molecular weight is 255 g/mol. The third-order valence-electron chi connectivity index (χ3n) is 1.39. The van der Waals surface area contributed by atoms with Gasteiger partial charge in [-0.1, -0.05) is 18.2 Å². The van der Waals surface area contributed by atoms with Gasteiger partial charge in [-0.2, -0.15) is 0 Å². The summed E-state index contributed by atoms with van der Waals surface area (Å²) in [5.74, 6) is 0. The Balaban J connectivity index is 2.83. The standard InChI is InChI=1S/C8H4IN2/c9-8-10-5-6-3-1-2-4-7(6)11-8/h1-4H. The van der Waals surface area contributed by atoms with Gasteiger partial charge >= 0.3 is 0 Å². The summed E-state index contributed by atoms with van der Waals surface area (Å²) in [6.45, 7) is 0. The van der Waals surface area contributed by atoms with Crippen molar-refractivity contribution in [3.05, 3.63) is 34.3 Å². The van der Waals surface area contributed by atoms with Crippen LogP contribution in [-0.2, 0) is 0 Å². The topological polar surface area (TPSA) is 25.8 Å². The Kier molecular flexibility index (Phi) is 1.73. The summed E-state index contributed by atoms with van der Waals surface area (Å²) in [4.78, 5) is 8.18. The first-order valence-electron chi connectivity index (χ1n) is 3.16. The number of hydrogen-bond donors (Lipinski definition) is 0. The summed E-state index contributed by atoms with van der Waals surface area (Å²) in [7, 11) is 0. The van der Waals surface area contributed by atoms with Crippen LogP contribution in [0.3, 0.4) is 0 Å². The molecule has 1 radical (unpaired) electrons. The summed E-state index contributed by atoms with van der Waals surface area (Å²) in [6.07, 6.45) is 2.90. The molecule has 0 fully saturated rings. The van der Waals surface area contributed by atoms with Gasteiger partial charge in [-0.3, -0.25) is 0 Å². The Labute approximate surface area is 77.8 Å². The van der Waals surface area contributed by atoms with Crippen molar-refractivity contribution < 1.29 is 0 Å². The van der Waals surface area contributed by atoms with Crippen LogP contribution in [0, 0.1) is 10.0 Å². The molecule has 1 aromatic carbocycles. The fourth-order valence-corrected chi connectivity index (χ4v) is 1.28. The van der Waals surface area contributed by atoms with Gasteiger partial charge in [-0.25, -0.2) is 9.97 Å². The number of halogens is 1. The molecule has 11 heavy (non-hydrogen) atoms. The van der Waals surface area contributed by atoms with E-state index in [-0.39, 0.29) is 0 Å². The minimum absolute atomic E-state index is 0.737. The average Bonchev–Trinajstić information content (AvgIpc) is 2.04. The van der Waals surface area contributed by atoms with Crippen LogP contribution in [0.15, 0.2) is 24.3 Å². The van der Waals surface area contributed by atoms with Gasteiger partial charge in [0.2, 0.25) is 0 Å². The molecular weight excluding hydrogens is 251 g/mol. The molecule has 0 atom stereocenters. The van der Waals surface area contributed by atoms with Crippen molar-refractivity contribution in [3.63, 3.8) is 0 Å². The lowest BCUT2D eigenvalue weighted by molar-refractivity contribution is 1.15. The van der Waals surface area contributed by atoms with Crippen molar-refractivity contribution in [2.45, 2.75) is 0 Å². The zero-order chi connectivity index (χ0) is 7.68. The predicted molar refractivity (Wildman–Crippen MR) is 51.1 cm³/mol. The van der Waals surface area contributed by atoms with Crippen molar-refractivity contribution in [2.24, 2.45) is 0 Å². The number of aromatic nitrogens is 2. The summed E-state index contributed by atoms with van der Waals surface area (Å²) < 4.78 is 0.737. The lowest BCUT2D eigenvalue weighted by Gasteiger charge is -1.93. The molecule has 0 saturated carbocycles. The van der Waals surface area contributed by atoms with Gasteiger partial charge < -0.3 is 0 Å². The molecule has 1 heterocycles. The van der Waals surface area contributed by atoms with Crippen LogP contribution in [0.5, 0.6) is 0 Å². The first-order chi connectivity index (χ1) is 5.36. The highest BCUT2D eigenvalue weighted by Gasteiger charge is 1.94. The van der Waals surface area contributed by atoms with Crippen molar-refractivity contribution in [1.29, 1.82) is 0 Å². The molecule has 0 aliphatic carbocycles. The van der Waals surface area contributed by atoms with Gasteiger partial charge in [-0.15, -0.1) is 0 Å². The van der Waals surface area contributed by atoms with E-state index >= 15 is 0 Å². The zero-order valence-corrected chi connectivity index (χ0v) is 7.74. The summed E-state index contributed by atoms with van der Waals surface area (Å²) in [5, 5.41) is 0.966. The molecule has 3 heteroatoms. The van der Waals surface area contributed by atoms with Gasteiger partial charge in [0.25, 0.3) is 0 Å². The van der Waals surface area contributed by atoms with Crippen LogP contribution in [0.25, 0.3) is 10.9 Å². The monoisotopic (exact) mass is 255 g/mol. The molecule has 2 aromatic rings. The van der Waals surface area contributed by atoms with Crippen LogP contribution in [0.4, 0.5) is 0 Å². The highest BCUT2D eigenvalue weighted by molar-refractivity contribution is 14.1. The van der Waals surface area contributed by atoms with E-state index in [1.807, 2.05) is 24.3 Å². The number of benzene rings is 1. The van der Waals surface area contributed by atoms with E-state index in [1.54, 1.807) is 0 Å². The fourth-order valence-electron chi connectivity index (χ4n) is 0.896. The maximum absolute atomic E-state index is 4.22. The van der Waals surface area contributed by atoms with Crippen molar-refractivity contribution in [3.8, 4) is 0 Å². The quantitative estimate of drug-likeness (QED) is 0.531. The lowest BCUT2D eigenvalue weighted by Crippen LogP contribution is -1.86. The second-order valence-corrected chi connectivity index (χ2v) is 3.09. The zero-order valence-electron chi connectivity index (χ0n) is 5.58. The van der Waals surface area contributed by atoms with E-state index in [0.717, 1.165) is 14.7 Å². The molecule has 0 spiro atoms. The molecule has 0 aliphatic rings. The number of hydrogen-bond acceptors (Lipinski definition) is 2. The summed E-state index contributed by atoms with van der Waals surface area (Å²) in [5.41, 5.74) is 0.951. The third kappa shape index (κ3) is 1.33. The molecule has 0 amide bonds. The molecule has 0 N–H and O–H groups in total. The van der Waals surface area contributed by atoms with E-state index in [2.05, 4.69) is 38.8 Å².